The number of carbonyl (C=O) groups is 1. The largest absolute Gasteiger partial charge is 0.368 e. The first-order chi connectivity index (χ1) is 6.09. The topological polar surface area (TPSA) is 93.8 Å². The van der Waals surface area contributed by atoms with E-state index in [1.165, 1.54) is 0 Å². The lowest BCUT2D eigenvalue weighted by atomic mass is 10.6. The van der Waals surface area contributed by atoms with Gasteiger partial charge < -0.3 is 11.1 Å². The van der Waals surface area contributed by atoms with Crippen molar-refractivity contribution < 1.29 is 4.79 Å². The summed E-state index contributed by atoms with van der Waals surface area (Å²) in [6.45, 7) is -0.0885. The van der Waals surface area contributed by atoms with Crippen molar-refractivity contribution in [3.05, 3.63) is 10.4 Å². The maximum atomic E-state index is 10.4. The molecule has 1 amide bonds. The van der Waals surface area contributed by atoms with Crippen LogP contribution in [0.15, 0.2) is 0 Å². The highest BCUT2D eigenvalue weighted by Gasteiger charge is 2.05. The Labute approximate surface area is 83.4 Å². The molecule has 0 spiro atoms. The van der Waals surface area contributed by atoms with Crippen LogP contribution in [0.2, 0.25) is 10.4 Å². The standard InChI is InChI=1S/C5H5Cl2N5O/c6-3-4(9-1-2(8)13)10-5(7)12-11-3/h1H2,(H2,8,13)(H,9,10,12). The molecule has 1 aromatic rings. The van der Waals surface area contributed by atoms with Gasteiger partial charge in [0, 0.05) is 0 Å². The summed E-state index contributed by atoms with van der Waals surface area (Å²) in [5.41, 5.74) is 4.89. The predicted octanol–water partition coefficient (Wildman–Crippen LogP) is 0.0756. The minimum absolute atomic E-state index is 0.0330. The average Bonchev–Trinajstić information content (AvgIpc) is 2.06. The fraction of sp³-hybridized carbons (Fsp3) is 0.200. The monoisotopic (exact) mass is 221 g/mol. The van der Waals surface area contributed by atoms with E-state index in [1.807, 2.05) is 0 Å². The van der Waals surface area contributed by atoms with Crippen LogP contribution >= 0.6 is 23.2 Å². The lowest BCUT2D eigenvalue weighted by molar-refractivity contribution is -0.116. The number of carbonyl (C=O) groups excluding carboxylic acids is 1. The third-order valence-electron chi connectivity index (χ3n) is 1.05. The van der Waals surface area contributed by atoms with Crippen LogP contribution in [0.25, 0.3) is 0 Å². The van der Waals surface area contributed by atoms with Crippen molar-refractivity contribution in [2.45, 2.75) is 0 Å². The van der Waals surface area contributed by atoms with Gasteiger partial charge in [0.1, 0.15) is 0 Å². The van der Waals surface area contributed by atoms with Gasteiger partial charge in [0.15, 0.2) is 11.0 Å². The van der Waals surface area contributed by atoms with E-state index in [9.17, 15) is 4.79 Å². The molecule has 0 bridgehead atoms. The predicted molar refractivity (Wildman–Crippen MR) is 47.5 cm³/mol. The van der Waals surface area contributed by atoms with Crippen LogP contribution in [0.1, 0.15) is 0 Å². The van der Waals surface area contributed by atoms with E-state index in [4.69, 9.17) is 28.9 Å². The first-order valence-electron chi connectivity index (χ1n) is 3.17. The summed E-state index contributed by atoms with van der Waals surface area (Å²) < 4.78 is 0. The number of nitrogens with one attached hydrogen (secondary N) is 1. The molecular formula is C5H5Cl2N5O. The highest BCUT2D eigenvalue weighted by molar-refractivity contribution is 6.32. The van der Waals surface area contributed by atoms with E-state index in [0.717, 1.165) is 0 Å². The fourth-order valence-corrected chi connectivity index (χ4v) is 0.846. The number of halogens is 2. The SMILES string of the molecule is NC(=O)CNc1nc(Cl)nnc1Cl. The summed E-state index contributed by atoms with van der Waals surface area (Å²) in [6, 6.07) is 0. The number of rotatable bonds is 3. The van der Waals surface area contributed by atoms with Gasteiger partial charge in [-0.05, 0) is 11.6 Å². The Morgan fingerprint density at radius 3 is 2.77 bits per heavy atom. The molecule has 0 saturated carbocycles. The number of nitrogens with two attached hydrogens (primary N) is 1. The van der Waals surface area contributed by atoms with Gasteiger partial charge in [0.25, 0.3) is 0 Å². The zero-order chi connectivity index (χ0) is 9.84. The molecule has 0 aliphatic rings. The molecule has 70 valence electrons. The molecule has 6 nitrogen and oxygen atoms in total. The Balaban J connectivity index is 2.75. The van der Waals surface area contributed by atoms with Gasteiger partial charge >= 0.3 is 0 Å². The van der Waals surface area contributed by atoms with Crippen molar-refractivity contribution in [2.75, 3.05) is 11.9 Å². The smallest absolute Gasteiger partial charge is 0.245 e. The van der Waals surface area contributed by atoms with Gasteiger partial charge in [-0.2, -0.15) is 4.98 Å². The molecule has 0 fully saturated rings. The van der Waals surface area contributed by atoms with Crippen molar-refractivity contribution in [2.24, 2.45) is 5.73 Å². The number of amides is 1. The second kappa shape index (κ2) is 4.20. The number of hydrogen-bond acceptors (Lipinski definition) is 5. The third-order valence-corrected chi connectivity index (χ3v) is 1.46. The lowest BCUT2D eigenvalue weighted by Gasteiger charge is -2.02. The minimum Gasteiger partial charge on any atom is -0.368 e. The Kier molecular flexibility index (Phi) is 3.21. The Morgan fingerprint density at radius 1 is 1.46 bits per heavy atom. The molecule has 0 unspecified atom stereocenters. The van der Waals surface area contributed by atoms with Crippen LogP contribution in [-0.4, -0.2) is 27.6 Å². The molecule has 3 N–H and O–H groups in total. The van der Waals surface area contributed by atoms with Crippen LogP contribution in [-0.2, 0) is 4.79 Å². The summed E-state index contributed by atoms with van der Waals surface area (Å²) in [7, 11) is 0. The van der Waals surface area contributed by atoms with Crippen molar-refractivity contribution in [1.29, 1.82) is 0 Å². The molecule has 0 atom stereocenters. The summed E-state index contributed by atoms with van der Waals surface area (Å²) in [6.07, 6.45) is 0. The number of aromatic nitrogens is 3. The highest BCUT2D eigenvalue weighted by Crippen LogP contribution is 2.15. The van der Waals surface area contributed by atoms with Crippen LogP contribution in [0.5, 0.6) is 0 Å². The molecule has 13 heavy (non-hydrogen) atoms. The van der Waals surface area contributed by atoms with Crippen LogP contribution in [0.3, 0.4) is 0 Å². The first-order valence-corrected chi connectivity index (χ1v) is 3.93. The van der Waals surface area contributed by atoms with Gasteiger partial charge in [0.05, 0.1) is 6.54 Å². The summed E-state index contributed by atoms with van der Waals surface area (Å²) >= 11 is 11.0. The Morgan fingerprint density at radius 2 is 2.15 bits per heavy atom. The normalized spacial score (nSPS) is 9.69. The fourth-order valence-electron chi connectivity index (χ4n) is 0.577. The van der Waals surface area contributed by atoms with Gasteiger partial charge in [-0.3, -0.25) is 4.79 Å². The molecule has 1 aromatic heterocycles. The Hall–Kier alpha value is -1.14. The van der Waals surface area contributed by atoms with Gasteiger partial charge in [0.2, 0.25) is 11.2 Å². The van der Waals surface area contributed by atoms with E-state index >= 15 is 0 Å². The third kappa shape index (κ3) is 3.00. The van der Waals surface area contributed by atoms with Gasteiger partial charge in [-0.15, -0.1) is 10.2 Å². The Bertz CT molecular complexity index is 331. The first kappa shape index (κ1) is 9.94. The molecule has 0 saturated heterocycles. The number of anilines is 1. The number of primary amides is 1. The lowest BCUT2D eigenvalue weighted by Crippen LogP contribution is -2.22. The molecule has 8 heteroatoms. The van der Waals surface area contributed by atoms with Crippen molar-refractivity contribution in [1.82, 2.24) is 15.2 Å². The van der Waals surface area contributed by atoms with Crippen molar-refractivity contribution in [3.8, 4) is 0 Å². The van der Waals surface area contributed by atoms with E-state index < -0.39 is 5.91 Å². The maximum Gasteiger partial charge on any atom is 0.245 e. The number of nitrogens with zero attached hydrogens (tertiary/aromatic N) is 3. The second-order valence-corrected chi connectivity index (χ2v) is 2.74. The van der Waals surface area contributed by atoms with Crippen LogP contribution < -0.4 is 11.1 Å². The summed E-state index contributed by atoms with van der Waals surface area (Å²) in [5.74, 6) is -0.355. The molecule has 0 aromatic carbocycles. The molecule has 0 aliphatic heterocycles. The van der Waals surface area contributed by atoms with Gasteiger partial charge in [-0.1, -0.05) is 11.6 Å². The number of hydrogen-bond donors (Lipinski definition) is 2. The molecule has 0 radical (unpaired) electrons. The van der Waals surface area contributed by atoms with Crippen LogP contribution in [0.4, 0.5) is 5.82 Å². The van der Waals surface area contributed by atoms with Crippen molar-refractivity contribution >= 4 is 34.9 Å². The molecular weight excluding hydrogens is 217 g/mol. The molecule has 1 rings (SSSR count). The van der Waals surface area contributed by atoms with E-state index in [0.29, 0.717) is 0 Å². The zero-order valence-electron chi connectivity index (χ0n) is 6.29. The maximum absolute atomic E-state index is 10.4. The molecule has 1 heterocycles. The summed E-state index contributed by atoms with van der Waals surface area (Å²) in [5, 5.41) is 9.37. The van der Waals surface area contributed by atoms with Crippen LogP contribution in [0, 0.1) is 0 Å². The van der Waals surface area contributed by atoms with E-state index in [1.54, 1.807) is 0 Å². The quantitative estimate of drug-likeness (QED) is 0.754. The average molecular weight is 222 g/mol. The zero-order valence-corrected chi connectivity index (χ0v) is 7.80. The van der Waals surface area contributed by atoms with E-state index in [-0.39, 0.29) is 22.8 Å². The summed E-state index contributed by atoms with van der Waals surface area (Å²) in [4.78, 5) is 14.1. The van der Waals surface area contributed by atoms with E-state index in [2.05, 4.69) is 20.5 Å². The van der Waals surface area contributed by atoms with Crippen molar-refractivity contribution in [3.63, 3.8) is 0 Å². The molecule has 0 aliphatic carbocycles. The minimum atomic E-state index is -0.536. The second-order valence-electron chi connectivity index (χ2n) is 2.04. The highest BCUT2D eigenvalue weighted by atomic mass is 35.5. The van der Waals surface area contributed by atoms with Gasteiger partial charge in [-0.25, -0.2) is 0 Å².